The summed E-state index contributed by atoms with van der Waals surface area (Å²) in [6.07, 6.45) is 2.80. The highest BCUT2D eigenvalue weighted by Gasteiger charge is 2.57. The molecule has 50 heavy (non-hydrogen) atoms. The van der Waals surface area contributed by atoms with Gasteiger partial charge < -0.3 is 25.6 Å². The van der Waals surface area contributed by atoms with Crippen molar-refractivity contribution >= 4 is 11.8 Å². The maximum absolute atomic E-state index is 14.2. The number of rotatable bonds is 13. The highest BCUT2D eigenvalue weighted by Crippen LogP contribution is 2.61. The number of nitrogens with one attached hydrogen (secondary N) is 2. The van der Waals surface area contributed by atoms with Crippen LogP contribution in [-0.2, 0) is 16.2 Å². The van der Waals surface area contributed by atoms with E-state index in [1.165, 1.54) is 6.42 Å². The Balaban J connectivity index is 1.23. The van der Waals surface area contributed by atoms with Gasteiger partial charge in [-0.1, -0.05) is 58.0 Å². The number of fused-ring (bicyclic) bond motifs is 2. The van der Waals surface area contributed by atoms with E-state index in [0.29, 0.717) is 53.7 Å². The molecule has 3 saturated carbocycles. The van der Waals surface area contributed by atoms with Gasteiger partial charge >= 0.3 is 0 Å². The van der Waals surface area contributed by atoms with Crippen molar-refractivity contribution in [3.63, 3.8) is 0 Å². The van der Waals surface area contributed by atoms with Crippen LogP contribution in [0.4, 0.5) is 0 Å². The Kier molecular flexibility index (Phi) is 11.2. The lowest BCUT2D eigenvalue weighted by Crippen LogP contribution is -2.62. The third kappa shape index (κ3) is 7.06. The van der Waals surface area contributed by atoms with Crippen LogP contribution in [0, 0.1) is 29.1 Å². The summed E-state index contributed by atoms with van der Waals surface area (Å²) >= 11 is 0. The second-order valence-corrected chi connectivity index (χ2v) is 15.7. The molecule has 2 heterocycles. The van der Waals surface area contributed by atoms with Crippen molar-refractivity contribution in [1.82, 2.24) is 20.6 Å². The van der Waals surface area contributed by atoms with Gasteiger partial charge in [0, 0.05) is 41.2 Å². The monoisotopic (exact) mass is 690 g/mol. The molecular weight excluding hydrogens is 632 g/mol. The van der Waals surface area contributed by atoms with Gasteiger partial charge in [0.25, 0.3) is 5.91 Å². The first-order chi connectivity index (χ1) is 24.0. The zero-order chi connectivity index (χ0) is 35.7. The van der Waals surface area contributed by atoms with Crippen LogP contribution in [0.1, 0.15) is 83.1 Å². The predicted molar refractivity (Wildman–Crippen MR) is 193 cm³/mol. The molecule has 2 aromatic rings. The van der Waals surface area contributed by atoms with E-state index in [0.717, 1.165) is 49.0 Å². The van der Waals surface area contributed by atoms with Crippen LogP contribution in [0.2, 0.25) is 0 Å². The summed E-state index contributed by atoms with van der Waals surface area (Å²) < 4.78 is 6.28. The molecule has 2 bridgehead atoms. The Bertz CT molecular complexity index is 1510. The number of hydrogen-bond acceptors (Lipinski definition) is 8. The number of aliphatic hydroxyl groups excluding tert-OH is 2. The number of benzene rings is 2. The van der Waals surface area contributed by atoms with Gasteiger partial charge in [0.1, 0.15) is 17.9 Å². The van der Waals surface area contributed by atoms with Crippen molar-refractivity contribution in [2.45, 2.75) is 104 Å². The second kappa shape index (κ2) is 15.3. The third-order valence-electron chi connectivity index (χ3n) is 12.6. The smallest absolute Gasteiger partial charge is 0.251 e. The lowest BCUT2D eigenvalue weighted by molar-refractivity contribution is -0.183. The molecule has 2 aliphatic heterocycles. The molecule has 7 rings (SSSR count). The topological polar surface area (TPSA) is 124 Å². The molecule has 4 N–H and O–H groups in total. The summed E-state index contributed by atoms with van der Waals surface area (Å²) in [5, 5.41) is 29.3. The molecule has 10 heteroatoms. The van der Waals surface area contributed by atoms with Crippen LogP contribution in [0.15, 0.2) is 42.5 Å². The SMILES string of the molecule is CCOc1c(CN2O[C@@H](CO)[C@H]([C@H](C)O)[C@H]2C(=O)N[C@H]2C[C@H]3C[C@H]([C@@H]2C)C3(C)C)cccc1-c1cccc(C(=O)NC[C@@H]2CCCN2CC)c1. The molecule has 10 nitrogen and oxygen atoms in total. The highest BCUT2D eigenvalue weighted by molar-refractivity contribution is 5.95. The standard InChI is InChI=1S/C40H58N4O6/c1-7-43-17-11-15-30(43)21-41-38(47)27-13-9-12-26(18-27)31-16-10-14-28(37(31)49-8-2)22-44-36(35(25(4)46)34(23-45)50-44)39(48)42-33-20-29-19-32(24(33)3)40(29,5)6/h9-10,12-14,16,18,24-25,29-30,32-36,45-46H,7-8,11,15,17,19-23H2,1-6H3,(H,41,47)(H,42,48)/t24-,25-,29+,30-,32+,33-,34-,35-,36-/m0/s1. The minimum Gasteiger partial charge on any atom is -0.493 e. The first-order valence-corrected chi connectivity index (χ1v) is 18.9. The van der Waals surface area contributed by atoms with Gasteiger partial charge in [-0.25, -0.2) is 0 Å². The van der Waals surface area contributed by atoms with Crippen LogP contribution in [0.3, 0.4) is 0 Å². The van der Waals surface area contributed by atoms with Gasteiger partial charge in [0.15, 0.2) is 0 Å². The average Bonchev–Trinajstić information content (AvgIpc) is 3.72. The molecule has 5 aliphatic rings. The van der Waals surface area contributed by atoms with E-state index < -0.39 is 24.2 Å². The molecule has 274 valence electrons. The number of hydroxylamine groups is 2. The van der Waals surface area contributed by atoms with Gasteiger partial charge in [0.05, 0.1) is 25.9 Å². The van der Waals surface area contributed by atoms with Crippen LogP contribution in [0.25, 0.3) is 11.1 Å². The molecule has 0 aromatic heterocycles. The molecule has 2 saturated heterocycles. The number of carbonyl (C=O) groups is 2. The quantitative estimate of drug-likeness (QED) is 0.240. The summed E-state index contributed by atoms with van der Waals surface area (Å²) in [6.45, 7) is 15.7. The Morgan fingerprint density at radius 1 is 1.14 bits per heavy atom. The number of carbonyl (C=O) groups excluding carboxylic acids is 2. The molecular formula is C40H58N4O6. The number of hydrogen-bond donors (Lipinski definition) is 4. The molecule has 0 unspecified atom stereocenters. The number of likely N-dealkylation sites (N-methyl/N-ethyl adjacent to an activating group) is 1. The number of aliphatic hydroxyl groups is 2. The number of nitrogens with zero attached hydrogens (tertiary/aromatic N) is 2. The number of likely N-dealkylation sites (tertiary alicyclic amines) is 1. The zero-order valence-electron chi connectivity index (χ0n) is 30.7. The van der Waals surface area contributed by atoms with Crippen LogP contribution < -0.4 is 15.4 Å². The van der Waals surface area contributed by atoms with Crippen LogP contribution in [0.5, 0.6) is 5.75 Å². The molecule has 9 atom stereocenters. The summed E-state index contributed by atoms with van der Waals surface area (Å²) in [7, 11) is 0. The van der Waals surface area contributed by atoms with Crippen molar-refractivity contribution < 1.29 is 29.4 Å². The molecule has 2 amide bonds. The molecule has 3 aliphatic carbocycles. The van der Waals surface area contributed by atoms with Gasteiger partial charge in [-0.2, -0.15) is 5.06 Å². The van der Waals surface area contributed by atoms with Crippen LogP contribution >= 0.6 is 0 Å². The number of amides is 2. The molecule has 0 spiro atoms. The van der Waals surface area contributed by atoms with Gasteiger partial charge in [0.2, 0.25) is 5.91 Å². The van der Waals surface area contributed by atoms with E-state index in [-0.39, 0.29) is 31.0 Å². The van der Waals surface area contributed by atoms with E-state index in [1.807, 2.05) is 49.4 Å². The third-order valence-corrected chi connectivity index (χ3v) is 12.6. The Morgan fingerprint density at radius 2 is 1.92 bits per heavy atom. The summed E-state index contributed by atoms with van der Waals surface area (Å²) in [5.41, 5.74) is 3.35. The highest BCUT2D eigenvalue weighted by atomic mass is 16.7. The Labute approximate surface area is 297 Å². The maximum Gasteiger partial charge on any atom is 0.251 e. The van der Waals surface area contributed by atoms with E-state index in [4.69, 9.17) is 9.57 Å². The van der Waals surface area contributed by atoms with Crippen molar-refractivity contribution in [3.8, 4) is 16.9 Å². The first-order valence-electron chi connectivity index (χ1n) is 18.9. The molecule has 0 radical (unpaired) electrons. The zero-order valence-corrected chi connectivity index (χ0v) is 30.7. The fourth-order valence-corrected chi connectivity index (χ4v) is 9.59. The largest absolute Gasteiger partial charge is 0.493 e. The molecule has 2 aromatic carbocycles. The number of ether oxygens (including phenoxy) is 1. The number of para-hydroxylation sites is 1. The molecule has 5 fully saturated rings. The van der Waals surface area contributed by atoms with E-state index in [9.17, 15) is 19.8 Å². The minimum absolute atomic E-state index is 0.0551. The Morgan fingerprint density at radius 3 is 2.60 bits per heavy atom. The van der Waals surface area contributed by atoms with Gasteiger partial charge in [-0.05, 0) is 93.5 Å². The van der Waals surface area contributed by atoms with Crippen molar-refractivity contribution in [2.75, 3.05) is 32.8 Å². The van der Waals surface area contributed by atoms with Gasteiger partial charge in [-0.15, -0.1) is 0 Å². The van der Waals surface area contributed by atoms with E-state index in [2.05, 4.69) is 43.2 Å². The lowest BCUT2D eigenvalue weighted by atomic mass is 9.45. The summed E-state index contributed by atoms with van der Waals surface area (Å²) in [5.74, 6) is 1.24. The fourth-order valence-electron chi connectivity index (χ4n) is 9.59. The van der Waals surface area contributed by atoms with Crippen molar-refractivity contribution in [2.24, 2.45) is 29.1 Å². The summed E-state index contributed by atoms with van der Waals surface area (Å²) in [6, 6.07) is 13.1. The predicted octanol–water partition coefficient (Wildman–Crippen LogP) is 4.63. The normalized spacial score (nSPS) is 31.2. The second-order valence-electron chi connectivity index (χ2n) is 15.7. The minimum atomic E-state index is -0.880. The lowest BCUT2D eigenvalue weighted by Gasteiger charge is -2.62. The van der Waals surface area contributed by atoms with E-state index in [1.54, 1.807) is 12.0 Å². The van der Waals surface area contributed by atoms with Crippen molar-refractivity contribution in [1.29, 1.82) is 0 Å². The van der Waals surface area contributed by atoms with Crippen LogP contribution in [-0.4, -0.2) is 95.2 Å². The fraction of sp³-hybridized carbons (Fsp3) is 0.650. The van der Waals surface area contributed by atoms with Gasteiger partial charge in [-0.3, -0.25) is 19.3 Å². The average molecular weight is 691 g/mol. The van der Waals surface area contributed by atoms with Crippen molar-refractivity contribution in [3.05, 3.63) is 53.6 Å². The van der Waals surface area contributed by atoms with E-state index >= 15 is 0 Å². The first kappa shape index (κ1) is 36.8. The Hall–Kier alpha value is -3.02. The maximum atomic E-state index is 14.2. The summed E-state index contributed by atoms with van der Waals surface area (Å²) in [4.78, 5) is 36.2.